The van der Waals surface area contributed by atoms with Gasteiger partial charge >= 0.3 is 0 Å². The summed E-state index contributed by atoms with van der Waals surface area (Å²) in [7, 11) is 0. The van der Waals surface area contributed by atoms with Crippen molar-refractivity contribution in [2.75, 3.05) is 18.5 Å². The number of para-hydroxylation sites is 2. The number of hydrogen-bond acceptors (Lipinski definition) is 6. The summed E-state index contributed by atoms with van der Waals surface area (Å²) in [6.07, 6.45) is 3.99. The van der Waals surface area contributed by atoms with Gasteiger partial charge in [0.1, 0.15) is 24.9 Å². The third-order valence-electron chi connectivity index (χ3n) is 5.81. The second-order valence-electron chi connectivity index (χ2n) is 7.52. The first-order chi connectivity index (χ1) is 15.7. The quantitative estimate of drug-likeness (QED) is 0.333. The maximum Gasteiger partial charge on any atom is 0.293 e. The molecule has 4 rings (SSSR count). The van der Waals surface area contributed by atoms with Crippen molar-refractivity contribution in [3.63, 3.8) is 0 Å². The second kappa shape index (κ2) is 9.50. The monoisotopic (exact) mass is 430 g/mol. The summed E-state index contributed by atoms with van der Waals surface area (Å²) in [5, 5.41) is 3.55. The van der Waals surface area contributed by atoms with Gasteiger partial charge in [0.15, 0.2) is 5.69 Å². The van der Waals surface area contributed by atoms with E-state index in [0.29, 0.717) is 25.1 Å². The van der Waals surface area contributed by atoms with Crippen molar-refractivity contribution < 1.29 is 23.8 Å². The smallest absolute Gasteiger partial charge is 0.293 e. The molecule has 2 bridgehead atoms. The van der Waals surface area contributed by atoms with Gasteiger partial charge in [-0.1, -0.05) is 48.5 Å². The molecule has 162 valence electrons. The highest BCUT2D eigenvalue weighted by Crippen LogP contribution is 2.47. The zero-order valence-electron chi connectivity index (χ0n) is 17.3. The summed E-state index contributed by atoms with van der Waals surface area (Å²) in [5.74, 6) is 0. The van der Waals surface area contributed by atoms with Crippen LogP contribution in [0.15, 0.2) is 77.9 Å². The highest BCUT2D eigenvalue weighted by Gasteiger charge is 2.53. The first kappa shape index (κ1) is 21.3. The van der Waals surface area contributed by atoms with E-state index < -0.39 is 5.60 Å². The summed E-state index contributed by atoms with van der Waals surface area (Å²) in [6.45, 7) is 8.38. The SMILES string of the molecule is [C-]#[N+]c1ccccc1CC(Nc1ccccc1)C12C=CC(O1)C(COC=O)=C2COC=O. The van der Waals surface area contributed by atoms with Crippen LogP contribution >= 0.6 is 0 Å². The molecule has 0 spiro atoms. The van der Waals surface area contributed by atoms with Gasteiger partial charge in [0.25, 0.3) is 12.9 Å². The van der Waals surface area contributed by atoms with Gasteiger partial charge in [0.05, 0.1) is 12.6 Å². The summed E-state index contributed by atoms with van der Waals surface area (Å²) in [5.41, 5.74) is 2.91. The number of rotatable bonds is 11. The molecule has 1 N–H and O–H groups in total. The third-order valence-corrected chi connectivity index (χ3v) is 5.81. The number of fused-ring (bicyclic) bond motifs is 2. The Kier molecular flexibility index (Phi) is 6.34. The van der Waals surface area contributed by atoms with E-state index in [1.54, 1.807) is 6.07 Å². The van der Waals surface area contributed by atoms with Crippen LogP contribution in [0.3, 0.4) is 0 Å². The minimum Gasteiger partial charge on any atom is -0.463 e. The molecule has 2 aromatic carbocycles. The Bertz CT molecular complexity index is 1090. The molecule has 2 aromatic rings. The van der Waals surface area contributed by atoms with E-state index in [9.17, 15) is 9.59 Å². The van der Waals surface area contributed by atoms with Crippen LogP contribution in [0.2, 0.25) is 0 Å². The molecular weight excluding hydrogens is 408 g/mol. The molecule has 32 heavy (non-hydrogen) atoms. The third kappa shape index (κ3) is 4.01. The van der Waals surface area contributed by atoms with Gasteiger partial charge in [-0.05, 0) is 30.2 Å². The standard InChI is InChI=1S/C25H22N2O5/c1-26-22-10-6-5-7-18(22)13-24(27-19-8-3-2-4-9-19)25-12-11-23(32-25)20(14-30-16-28)21(25)15-31-17-29/h2-12,16-17,23-24,27H,13-15H2. The van der Waals surface area contributed by atoms with Gasteiger partial charge in [0, 0.05) is 16.8 Å². The average molecular weight is 430 g/mol. The fraction of sp³-hybridized carbons (Fsp3) is 0.240. The van der Waals surface area contributed by atoms with E-state index in [0.717, 1.165) is 22.4 Å². The molecule has 0 aromatic heterocycles. The van der Waals surface area contributed by atoms with Gasteiger partial charge in [0.2, 0.25) is 0 Å². The van der Waals surface area contributed by atoms with Gasteiger partial charge < -0.3 is 19.5 Å². The van der Waals surface area contributed by atoms with Crippen LogP contribution in [0.4, 0.5) is 11.4 Å². The normalized spacial score (nSPS) is 21.7. The number of nitrogens with zero attached hydrogens (tertiary/aromatic N) is 1. The molecule has 2 aliphatic rings. The summed E-state index contributed by atoms with van der Waals surface area (Å²) in [6, 6.07) is 16.8. The Morgan fingerprint density at radius 3 is 2.53 bits per heavy atom. The summed E-state index contributed by atoms with van der Waals surface area (Å²) < 4.78 is 16.6. The van der Waals surface area contributed by atoms with Crippen molar-refractivity contribution in [2.45, 2.75) is 24.2 Å². The van der Waals surface area contributed by atoms with E-state index in [4.69, 9.17) is 20.8 Å². The molecule has 0 fully saturated rings. The number of carbonyl (C=O) groups is 2. The highest BCUT2D eigenvalue weighted by molar-refractivity contribution is 5.57. The number of nitrogens with one attached hydrogen (secondary N) is 1. The van der Waals surface area contributed by atoms with Crippen molar-refractivity contribution in [3.8, 4) is 0 Å². The predicted octanol–water partition coefficient (Wildman–Crippen LogP) is 3.61. The van der Waals surface area contributed by atoms with Crippen molar-refractivity contribution in [2.24, 2.45) is 0 Å². The lowest BCUT2D eigenvalue weighted by Gasteiger charge is -2.37. The van der Waals surface area contributed by atoms with Crippen LogP contribution in [-0.4, -0.2) is 43.9 Å². The minimum atomic E-state index is -0.930. The van der Waals surface area contributed by atoms with Crippen molar-refractivity contribution in [3.05, 3.63) is 94.9 Å². The van der Waals surface area contributed by atoms with Crippen LogP contribution in [0, 0.1) is 6.57 Å². The molecule has 3 atom stereocenters. The highest BCUT2D eigenvalue weighted by atomic mass is 16.5. The Morgan fingerprint density at radius 1 is 1.06 bits per heavy atom. The first-order valence-electron chi connectivity index (χ1n) is 10.2. The molecule has 7 heteroatoms. The van der Waals surface area contributed by atoms with Crippen LogP contribution < -0.4 is 5.32 Å². The number of ether oxygens (including phenoxy) is 3. The molecule has 7 nitrogen and oxygen atoms in total. The van der Waals surface area contributed by atoms with E-state index in [-0.39, 0.29) is 25.4 Å². The molecule has 3 unspecified atom stereocenters. The van der Waals surface area contributed by atoms with Crippen molar-refractivity contribution in [1.82, 2.24) is 0 Å². The molecular formula is C25H22N2O5. The predicted molar refractivity (Wildman–Crippen MR) is 118 cm³/mol. The number of hydrogen-bond donors (Lipinski definition) is 1. The van der Waals surface area contributed by atoms with E-state index in [2.05, 4.69) is 10.2 Å². The minimum absolute atomic E-state index is 0.0132. The molecule has 0 radical (unpaired) electrons. The Labute approximate surface area is 186 Å². The number of anilines is 1. The largest absolute Gasteiger partial charge is 0.463 e. The van der Waals surface area contributed by atoms with Gasteiger partial charge in [-0.2, -0.15) is 0 Å². The molecule has 0 aliphatic carbocycles. The van der Waals surface area contributed by atoms with Crippen LogP contribution in [0.5, 0.6) is 0 Å². The lowest BCUT2D eigenvalue weighted by atomic mass is 9.79. The number of carbonyl (C=O) groups excluding carboxylic acids is 2. The lowest BCUT2D eigenvalue weighted by Crippen LogP contribution is -2.48. The van der Waals surface area contributed by atoms with Gasteiger partial charge in [-0.3, -0.25) is 9.59 Å². The van der Waals surface area contributed by atoms with Crippen LogP contribution in [-0.2, 0) is 30.2 Å². The van der Waals surface area contributed by atoms with Gasteiger partial charge in [-0.25, -0.2) is 4.85 Å². The molecule has 2 aliphatic heterocycles. The Balaban J connectivity index is 1.77. The molecule has 2 heterocycles. The molecule has 0 amide bonds. The fourth-order valence-electron chi connectivity index (χ4n) is 4.38. The summed E-state index contributed by atoms with van der Waals surface area (Å²) in [4.78, 5) is 25.5. The Hall–Kier alpha value is -3.89. The van der Waals surface area contributed by atoms with Crippen molar-refractivity contribution >= 4 is 24.3 Å². The average Bonchev–Trinajstić information content (AvgIpc) is 3.40. The Morgan fingerprint density at radius 2 is 1.78 bits per heavy atom. The van der Waals surface area contributed by atoms with E-state index >= 15 is 0 Å². The number of benzene rings is 2. The van der Waals surface area contributed by atoms with E-state index in [1.165, 1.54) is 0 Å². The second-order valence-corrected chi connectivity index (χ2v) is 7.52. The topological polar surface area (TPSA) is 78.2 Å². The van der Waals surface area contributed by atoms with Gasteiger partial charge in [-0.15, -0.1) is 0 Å². The van der Waals surface area contributed by atoms with E-state index in [1.807, 2.05) is 60.7 Å². The zero-order valence-corrected chi connectivity index (χ0v) is 17.3. The maximum absolute atomic E-state index is 11.0. The molecule has 0 saturated carbocycles. The first-order valence-corrected chi connectivity index (χ1v) is 10.2. The van der Waals surface area contributed by atoms with Crippen LogP contribution in [0.1, 0.15) is 5.56 Å². The summed E-state index contributed by atoms with van der Waals surface area (Å²) >= 11 is 0. The van der Waals surface area contributed by atoms with Crippen molar-refractivity contribution in [1.29, 1.82) is 0 Å². The van der Waals surface area contributed by atoms with Crippen LogP contribution in [0.25, 0.3) is 4.85 Å². The lowest BCUT2D eigenvalue weighted by molar-refractivity contribution is -0.129. The maximum atomic E-state index is 11.0. The zero-order chi connectivity index (χ0) is 22.4. The fourth-order valence-corrected chi connectivity index (χ4v) is 4.38. The molecule has 0 saturated heterocycles.